The molecule has 0 aliphatic rings. The van der Waals surface area contributed by atoms with Gasteiger partial charge in [-0.05, 0) is 48.9 Å². The van der Waals surface area contributed by atoms with E-state index in [0.717, 1.165) is 22.7 Å². The van der Waals surface area contributed by atoms with E-state index in [0.29, 0.717) is 6.61 Å². The van der Waals surface area contributed by atoms with Crippen LogP contribution in [0, 0.1) is 0 Å². The van der Waals surface area contributed by atoms with Gasteiger partial charge in [-0.2, -0.15) is 0 Å². The predicted molar refractivity (Wildman–Crippen MR) is 87.1 cm³/mol. The van der Waals surface area contributed by atoms with Crippen LogP contribution < -0.4 is 15.4 Å². The minimum Gasteiger partial charge on any atom is -0.494 e. The van der Waals surface area contributed by atoms with Gasteiger partial charge in [-0.1, -0.05) is 12.1 Å². The lowest BCUT2D eigenvalue weighted by Crippen LogP contribution is -2.21. The molecule has 0 atom stereocenters. The summed E-state index contributed by atoms with van der Waals surface area (Å²) >= 11 is 0. The third-order valence-electron chi connectivity index (χ3n) is 3.01. The molecule has 0 saturated carbocycles. The zero-order valence-corrected chi connectivity index (χ0v) is 12.5. The van der Waals surface area contributed by atoms with E-state index in [1.807, 2.05) is 43.3 Å². The first-order chi connectivity index (χ1) is 10.7. The zero-order valence-electron chi connectivity index (χ0n) is 12.5. The first kappa shape index (κ1) is 15.9. The predicted octanol–water partition coefficient (Wildman–Crippen LogP) is 2.63. The fraction of sp³-hybridized carbons (Fsp3) is 0.235. The molecule has 22 heavy (non-hydrogen) atoms. The number of carbonyl (C=O) groups is 1. The molecule has 0 aliphatic carbocycles. The van der Waals surface area contributed by atoms with Crippen molar-refractivity contribution in [3.05, 3.63) is 54.1 Å². The quantitative estimate of drug-likeness (QED) is 0.735. The zero-order chi connectivity index (χ0) is 15.8. The van der Waals surface area contributed by atoms with Crippen LogP contribution >= 0.6 is 0 Å². The van der Waals surface area contributed by atoms with Gasteiger partial charge in [-0.25, -0.2) is 0 Å². The molecule has 0 radical (unpaired) electrons. The molecule has 0 heterocycles. The first-order valence-corrected chi connectivity index (χ1v) is 7.17. The maximum absolute atomic E-state index is 11.9. The van der Waals surface area contributed by atoms with E-state index in [2.05, 4.69) is 10.6 Å². The van der Waals surface area contributed by atoms with Crippen LogP contribution in [0.1, 0.15) is 12.5 Å². The fourth-order valence-electron chi connectivity index (χ4n) is 1.97. The second-order valence-corrected chi connectivity index (χ2v) is 4.72. The Balaban J connectivity index is 1.84. The van der Waals surface area contributed by atoms with Gasteiger partial charge in [0.25, 0.3) is 0 Å². The smallest absolute Gasteiger partial charge is 0.243 e. The van der Waals surface area contributed by atoms with Gasteiger partial charge >= 0.3 is 0 Å². The summed E-state index contributed by atoms with van der Waals surface area (Å²) in [7, 11) is 0. The van der Waals surface area contributed by atoms with Crippen LogP contribution in [-0.2, 0) is 11.4 Å². The Morgan fingerprint density at radius 2 is 1.91 bits per heavy atom. The molecule has 3 N–H and O–H groups in total. The number of carbonyl (C=O) groups excluding carboxylic acids is 1. The van der Waals surface area contributed by atoms with E-state index in [-0.39, 0.29) is 19.1 Å². The highest BCUT2D eigenvalue weighted by Gasteiger charge is 2.03. The number of anilines is 2. The third-order valence-corrected chi connectivity index (χ3v) is 3.01. The van der Waals surface area contributed by atoms with Crippen molar-refractivity contribution >= 4 is 17.3 Å². The molecule has 0 aliphatic heterocycles. The van der Waals surface area contributed by atoms with Gasteiger partial charge < -0.3 is 20.5 Å². The standard InChI is InChI=1S/C17H20N2O3/c1-2-22-16-8-6-14(7-9-16)19-17(21)11-18-15-5-3-4-13(10-15)12-20/h3-10,18,20H,2,11-12H2,1H3,(H,19,21). The largest absolute Gasteiger partial charge is 0.494 e. The molecule has 1 amide bonds. The average molecular weight is 300 g/mol. The summed E-state index contributed by atoms with van der Waals surface area (Å²) in [5, 5.41) is 14.9. The highest BCUT2D eigenvalue weighted by molar-refractivity contribution is 5.93. The van der Waals surface area contributed by atoms with Crippen LogP contribution in [0.15, 0.2) is 48.5 Å². The van der Waals surface area contributed by atoms with Gasteiger partial charge in [0, 0.05) is 11.4 Å². The summed E-state index contributed by atoms with van der Waals surface area (Å²) in [6.07, 6.45) is 0. The van der Waals surface area contributed by atoms with E-state index in [9.17, 15) is 4.79 Å². The summed E-state index contributed by atoms with van der Waals surface area (Å²) in [6, 6.07) is 14.6. The maximum atomic E-state index is 11.9. The van der Waals surface area contributed by atoms with Crippen LogP contribution in [0.3, 0.4) is 0 Å². The van der Waals surface area contributed by atoms with Crippen molar-refractivity contribution in [1.82, 2.24) is 0 Å². The number of hydrogen-bond acceptors (Lipinski definition) is 4. The molecule has 5 heteroatoms. The van der Waals surface area contributed by atoms with Crippen LogP contribution in [0.25, 0.3) is 0 Å². The Morgan fingerprint density at radius 1 is 1.14 bits per heavy atom. The molecule has 0 fully saturated rings. The maximum Gasteiger partial charge on any atom is 0.243 e. The molecule has 2 aromatic rings. The highest BCUT2D eigenvalue weighted by atomic mass is 16.5. The molecule has 116 valence electrons. The van der Waals surface area contributed by atoms with Crippen molar-refractivity contribution in [2.24, 2.45) is 0 Å². The lowest BCUT2D eigenvalue weighted by molar-refractivity contribution is -0.114. The van der Waals surface area contributed by atoms with Gasteiger partial charge in [-0.3, -0.25) is 4.79 Å². The lowest BCUT2D eigenvalue weighted by Gasteiger charge is -2.09. The van der Waals surface area contributed by atoms with Gasteiger partial charge in [0.15, 0.2) is 0 Å². The Morgan fingerprint density at radius 3 is 2.59 bits per heavy atom. The highest BCUT2D eigenvalue weighted by Crippen LogP contribution is 2.15. The Kier molecular flexibility index (Phi) is 5.80. The minimum absolute atomic E-state index is 0.0199. The molecule has 5 nitrogen and oxygen atoms in total. The second-order valence-electron chi connectivity index (χ2n) is 4.72. The van der Waals surface area contributed by atoms with Crippen molar-refractivity contribution in [1.29, 1.82) is 0 Å². The molecular weight excluding hydrogens is 280 g/mol. The van der Waals surface area contributed by atoms with Gasteiger partial charge in [0.1, 0.15) is 5.75 Å². The van der Waals surface area contributed by atoms with Crippen molar-refractivity contribution < 1.29 is 14.6 Å². The Hall–Kier alpha value is -2.53. The number of aliphatic hydroxyl groups is 1. The summed E-state index contributed by atoms with van der Waals surface area (Å²) in [5.41, 5.74) is 2.32. The first-order valence-electron chi connectivity index (χ1n) is 7.17. The van der Waals surface area contributed by atoms with E-state index < -0.39 is 0 Å². The summed E-state index contributed by atoms with van der Waals surface area (Å²) < 4.78 is 5.35. The number of ether oxygens (including phenoxy) is 1. The van der Waals surface area contributed by atoms with E-state index in [1.54, 1.807) is 12.1 Å². The molecule has 2 rings (SSSR count). The molecule has 0 bridgehead atoms. The number of hydrogen-bond donors (Lipinski definition) is 3. The second kappa shape index (κ2) is 8.05. The van der Waals surface area contributed by atoms with E-state index in [1.165, 1.54) is 0 Å². The number of rotatable bonds is 7. The van der Waals surface area contributed by atoms with Crippen molar-refractivity contribution in [2.45, 2.75) is 13.5 Å². The van der Waals surface area contributed by atoms with Gasteiger partial charge in [-0.15, -0.1) is 0 Å². The molecule has 2 aromatic carbocycles. The number of benzene rings is 2. The van der Waals surface area contributed by atoms with E-state index in [4.69, 9.17) is 9.84 Å². The summed E-state index contributed by atoms with van der Waals surface area (Å²) in [5.74, 6) is 0.637. The Labute approximate surface area is 129 Å². The van der Waals surface area contributed by atoms with Crippen LogP contribution in [0.4, 0.5) is 11.4 Å². The normalized spacial score (nSPS) is 10.1. The Bertz CT molecular complexity index is 612. The average Bonchev–Trinajstić information content (AvgIpc) is 2.55. The van der Waals surface area contributed by atoms with E-state index >= 15 is 0 Å². The summed E-state index contributed by atoms with van der Waals surface area (Å²) in [4.78, 5) is 11.9. The summed E-state index contributed by atoms with van der Waals surface area (Å²) in [6.45, 7) is 2.67. The van der Waals surface area contributed by atoms with Crippen LogP contribution in [0.5, 0.6) is 5.75 Å². The number of amides is 1. The van der Waals surface area contributed by atoms with Gasteiger partial charge in [0.2, 0.25) is 5.91 Å². The number of aliphatic hydroxyl groups excluding tert-OH is 1. The van der Waals surface area contributed by atoms with Crippen molar-refractivity contribution in [3.8, 4) is 5.75 Å². The topological polar surface area (TPSA) is 70.6 Å². The molecule has 0 spiro atoms. The van der Waals surface area contributed by atoms with Gasteiger partial charge in [0.05, 0.1) is 19.8 Å². The molecule has 0 saturated heterocycles. The minimum atomic E-state index is -0.140. The SMILES string of the molecule is CCOc1ccc(NC(=O)CNc2cccc(CO)c2)cc1. The molecular formula is C17H20N2O3. The fourth-order valence-corrected chi connectivity index (χ4v) is 1.97. The lowest BCUT2D eigenvalue weighted by atomic mass is 10.2. The molecule has 0 aromatic heterocycles. The van der Waals surface area contributed by atoms with Crippen LogP contribution in [0.2, 0.25) is 0 Å². The van der Waals surface area contributed by atoms with Crippen LogP contribution in [-0.4, -0.2) is 24.2 Å². The number of nitrogens with one attached hydrogen (secondary N) is 2. The monoisotopic (exact) mass is 300 g/mol. The van der Waals surface area contributed by atoms with Crippen molar-refractivity contribution in [2.75, 3.05) is 23.8 Å². The third kappa shape index (κ3) is 4.79. The molecule has 0 unspecified atom stereocenters. The van der Waals surface area contributed by atoms with Crippen molar-refractivity contribution in [3.63, 3.8) is 0 Å².